The van der Waals surface area contributed by atoms with Crippen LogP contribution in [0.2, 0.25) is 5.02 Å². The average Bonchev–Trinajstić information content (AvgIpc) is 2.57. The number of nitrogens with one attached hydrogen (secondary N) is 1. The molecule has 0 radical (unpaired) electrons. The number of aryl methyl sites for hydroxylation is 1. The van der Waals surface area contributed by atoms with Gasteiger partial charge in [0.2, 0.25) is 15.9 Å². The third kappa shape index (κ3) is 6.63. The summed E-state index contributed by atoms with van der Waals surface area (Å²) >= 11 is 9.16. The molecule has 0 unspecified atom stereocenters. The molecular formula is C18H20BrClN2O3S. The van der Waals surface area contributed by atoms with Crippen molar-refractivity contribution in [3.8, 4) is 0 Å². The van der Waals surface area contributed by atoms with Crippen molar-refractivity contribution in [3.63, 3.8) is 0 Å². The molecule has 5 nitrogen and oxygen atoms in total. The SMILES string of the molecule is CS(=O)(=O)N(CC(=O)NCCCc1ccc(Cl)cc1)c1cccc(Br)c1. The van der Waals surface area contributed by atoms with Crippen LogP contribution in [0.15, 0.2) is 53.0 Å². The molecule has 0 aromatic heterocycles. The molecule has 2 aromatic rings. The van der Waals surface area contributed by atoms with E-state index in [0.29, 0.717) is 17.3 Å². The molecule has 2 aromatic carbocycles. The summed E-state index contributed by atoms with van der Waals surface area (Å²) in [6.45, 7) is 0.216. The molecule has 0 spiro atoms. The highest BCUT2D eigenvalue weighted by atomic mass is 79.9. The van der Waals surface area contributed by atoms with Crippen LogP contribution in [-0.2, 0) is 21.2 Å². The van der Waals surface area contributed by atoms with Crippen LogP contribution in [0.5, 0.6) is 0 Å². The van der Waals surface area contributed by atoms with E-state index in [9.17, 15) is 13.2 Å². The van der Waals surface area contributed by atoms with Gasteiger partial charge >= 0.3 is 0 Å². The standard InChI is InChI=1S/C18H20BrClN2O3S/c1-26(24,25)22(17-6-2-5-15(19)12-17)13-18(23)21-11-3-4-14-7-9-16(20)10-8-14/h2,5-10,12H,3-4,11,13H2,1H3,(H,21,23). The lowest BCUT2D eigenvalue weighted by Gasteiger charge is -2.22. The lowest BCUT2D eigenvalue weighted by molar-refractivity contribution is -0.119. The van der Waals surface area contributed by atoms with Gasteiger partial charge in [0.05, 0.1) is 11.9 Å². The van der Waals surface area contributed by atoms with Crippen LogP contribution in [0.1, 0.15) is 12.0 Å². The predicted molar refractivity (Wildman–Crippen MR) is 109 cm³/mol. The summed E-state index contributed by atoms with van der Waals surface area (Å²) in [6.07, 6.45) is 2.64. The molecule has 0 saturated heterocycles. The number of halogens is 2. The van der Waals surface area contributed by atoms with Crippen LogP contribution in [0.3, 0.4) is 0 Å². The molecule has 1 amide bonds. The third-order valence-electron chi connectivity index (χ3n) is 3.66. The zero-order valence-electron chi connectivity index (χ0n) is 14.3. The summed E-state index contributed by atoms with van der Waals surface area (Å²) in [5, 5.41) is 3.46. The van der Waals surface area contributed by atoms with Crippen molar-refractivity contribution in [2.24, 2.45) is 0 Å². The number of hydrogen-bond donors (Lipinski definition) is 1. The zero-order chi connectivity index (χ0) is 19.2. The molecule has 1 N–H and O–H groups in total. The molecule has 0 aliphatic rings. The molecule has 0 fully saturated rings. The van der Waals surface area contributed by atoms with Crippen LogP contribution in [0, 0.1) is 0 Å². The second kappa shape index (κ2) is 9.39. The minimum Gasteiger partial charge on any atom is -0.355 e. The van der Waals surface area contributed by atoms with Crippen molar-refractivity contribution >= 4 is 49.1 Å². The van der Waals surface area contributed by atoms with E-state index in [1.165, 1.54) is 0 Å². The van der Waals surface area contributed by atoms with Crippen molar-refractivity contribution < 1.29 is 13.2 Å². The highest BCUT2D eigenvalue weighted by Crippen LogP contribution is 2.21. The average molecular weight is 460 g/mol. The van der Waals surface area contributed by atoms with Gasteiger partial charge in [-0.1, -0.05) is 45.7 Å². The molecule has 8 heteroatoms. The summed E-state index contributed by atoms with van der Waals surface area (Å²) in [4.78, 5) is 12.2. The summed E-state index contributed by atoms with van der Waals surface area (Å²) in [6, 6.07) is 14.4. The summed E-state index contributed by atoms with van der Waals surface area (Å²) in [5.41, 5.74) is 1.58. The molecule has 26 heavy (non-hydrogen) atoms. The first-order valence-electron chi connectivity index (χ1n) is 8.00. The van der Waals surface area contributed by atoms with E-state index in [2.05, 4.69) is 21.2 Å². The number of nitrogens with zero attached hydrogens (tertiary/aromatic N) is 1. The van der Waals surface area contributed by atoms with Gasteiger partial charge in [-0.05, 0) is 48.7 Å². The Morgan fingerprint density at radius 2 is 1.88 bits per heavy atom. The van der Waals surface area contributed by atoms with Crippen LogP contribution >= 0.6 is 27.5 Å². The molecule has 2 rings (SSSR count). The van der Waals surface area contributed by atoms with E-state index in [-0.39, 0.29) is 12.5 Å². The summed E-state index contributed by atoms with van der Waals surface area (Å²) < 4.78 is 25.9. The van der Waals surface area contributed by atoms with E-state index in [1.54, 1.807) is 24.3 Å². The van der Waals surface area contributed by atoms with Crippen molar-refractivity contribution in [2.75, 3.05) is 23.7 Å². The van der Waals surface area contributed by atoms with Crippen LogP contribution < -0.4 is 9.62 Å². The molecule has 0 atom stereocenters. The third-order valence-corrected chi connectivity index (χ3v) is 5.55. The first kappa shape index (κ1) is 20.7. The maximum atomic E-state index is 12.2. The normalized spacial score (nSPS) is 11.2. The second-order valence-corrected chi connectivity index (χ2v) is 9.09. The highest BCUT2D eigenvalue weighted by Gasteiger charge is 2.20. The highest BCUT2D eigenvalue weighted by molar-refractivity contribution is 9.10. The Kier molecular flexibility index (Phi) is 7.49. The van der Waals surface area contributed by atoms with Crippen molar-refractivity contribution in [1.29, 1.82) is 0 Å². The quantitative estimate of drug-likeness (QED) is 0.613. The van der Waals surface area contributed by atoms with Gasteiger partial charge in [0.1, 0.15) is 6.54 Å². The Morgan fingerprint density at radius 3 is 2.50 bits per heavy atom. The number of benzene rings is 2. The molecular weight excluding hydrogens is 440 g/mol. The van der Waals surface area contributed by atoms with Crippen LogP contribution in [-0.4, -0.2) is 33.7 Å². The van der Waals surface area contributed by atoms with Gasteiger partial charge in [-0.2, -0.15) is 0 Å². The number of anilines is 1. The number of hydrogen-bond acceptors (Lipinski definition) is 3. The van der Waals surface area contributed by atoms with Crippen molar-refractivity contribution in [1.82, 2.24) is 5.32 Å². The van der Waals surface area contributed by atoms with Crippen molar-refractivity contribution in [3.05, 3.63) is 63.6 Å². The zero-order valence-corrected chi connectivity index (χ0v) is 17.4. The number of rotatable bonds is 8. The van der Waals surface area contributed by atoms with E-state index < -0.39 is 10.0 Å². The second-order valence-electron chi connectivity index (χ2n) is 5.83. The Hall–Kier alpha value is -1.57. The largest absolute Gasteiger partial charge is 0.355 e. The molecule has 0 saturated carbocycles. The van der Waals surface area contributed by atoms with E-state index in [4.69, 9.17) is 11.6 Å². The lowest BCUT2D eigenvalue weighted by Crippen LogP contribution is -2.40. The van der Waals surface area contributed by atoms with Gasteiger partial charge in [0.15, 0.2) is 0 Å². The van der Waals surface area contributed by atoms with Crippen LogP contribution in [0.25, 0.3) is 0 Å². The van der Waals surface area contributed by atoms with Gasteiger partial charge in [-0.15, -0.1) is 0 Å². The van der Waals surface area contributed by atoms with E-state index in [0.717, 1.165) is 33.4 Å². The molecule has 0 bridgehead atoms. The van der Waals surface area contributed by atoms with E-state index >= 15 is 0 Å². The topological polar surface area (TPSA) is 66.5 Å². The van der Waals surface area contributed by atoms with Gasteiger partial charge in [-0.25, -0.2) is 8.42 Å². The smallest absolute Gasteiger partial charge is 0.240 e. The van der Waals surface area contributed by atoms with Crippen LogP contribution in [0.4, 0.5) is 5.69 Å². The number of amides is 1. The monoisotopic (exact) mass is 458 g/mol. The molecule has 0 aliphatic heterocycles. The van der Waals surface area contributed by atoms with Gasteiger partial charge in [-0.3, -0.25) is 9.10 Å². The minimum atomic E-state index is -3.57. The number of carbonyl (C=O) groups is 1. The Morgan fingerprint density at radius 1 is 1.19 bits per heavy atom. The summed E-state index contributed by atoms with van der Waals surface area (Å²) in [5.74, 6) is -0.341. The lowest BCUT2D eigenvalue weighted by atomic mass is 10.1. The van der Waals surface area contributed by atoms with Crippen molar-refractivity contribution in [2.45, 2.75) is 12.8 Å². The molecule has 0 aliphatic carbocycles. The Bertz CT molecular complexity index is 857. The predicted octanol–water partition coefficient (Wildman–Crippen LogP) is 3.62. The Balaban J connectivity index is 1.88. The summed E-state index contributed by atoms with van der Waals surface area (Å²) in [7, 11) is -3.57. The first-order valence-corrected chi connectivity index (χ1v) is 11.0. The fraction of sp³-hybridized carbons (Fsp3) is 0.278. The first-order chi connectivity index (χ1) is 12.3. The maximum absolute atomic E-state index is 12.2. The van der Waals surface area contributed by atoms with E-state index in [1.807, 2.05) is 24.3 Å². The fourth-order valence-corrected chi connectivity index (χ4v) is 3.75. The minimum absolute atomic E-state index is 0.254. The van der Waals surface area contributed by atoms with Gasteiger partial charge < -0.3 is 5.32 Å². The van der Waals surface area contributed by atoms with Gasteiger partial charge in [0, 0.05) is 16.0 Å². The molecule has 0 heterocycles. The number of sulfonamides is 1. The maximum Gasteiger partial charge on any atom is 0.240 e. The Labute approximate surface area is 167 Å². The fourth-order valence-electron chi connectivity index (χ4n) is 2.39. The number of carbonyl (C=O) groups excluding carboxylic acids is 1. The van der Waals surface area contributed by atoms with Gasteiger partial charge in [0.25, 0.3) is 0 Å². The molecule has 140 valence electrons.